The van der Waals surface area contributed by atoms with Crippen molar-refractivity contribution in [2.45, 2.75) is 52.7 Å². The van der Waals surface area contributed by atoms with Crippen LogP contribution in [0.3, 0.4) is 0 Å². The highest BCUT2D eigenvalue weighted by molar-refractivity contribution is 14.1. The van der Waals surface area contributed by atoms with Gasteiger partial charge in [0, 0.05) is 16.7 Å². The Bertz CT molecular complexity index is 383. The lowest BCUT2D eigenvalue weighted by molar-refractivity contribution is -0.0109. The van der Waals surface area contributed by atoms with Crippen LogP contribution in [0.25, 0.3) is 0 Å². The van der Waals surface area contributed by atoms with E-state index in [2.05, 4.69) is 79.9 Å². The lowest BCUT2D eigenvalue weighted by Crippen LogP contribution is -2.49. The molecule has 114 valence electrons. The van der Waals surface area contributed by atoms with E-state index in [9.17, 15) is 0 Å². The third kappa shape index (κ3) is 5.70. The lowest BCUT2D eigenvalue weighted by atomic mass is 9.82. The first-order valence-electron chi connectivity index (χ1n) is 7.39. The molecule has 0 spiro atoms. The molecule has 0 aliphatic heterocycles. The highest BCUT2D eigenvalue weighted by Gasteiger charge is 2.32. The van der Waals surface area contributed by atoms with Gasteiger partial charge in [-0.25, -0.2) is 0 Å². The van der Waals surface area contributed by atoms with Crippen LogP contribution >= 0.6 is 22.6 Å². The second-order valence-corrected chi connectivity index (χ2v) is 7.66. The molecule has 2 unspecified atom stereocenters. The lowest BCUT2D eigenvalue weighted by Gasteiger charge is -2.36. The van der Waals surface area contributed by atoms with Gasteiger partial charge in [0.1, 0.15) is 0 Å². The zero-order valence-electron chi connectivity index (χ0n) is 13.4. The number of halogens is 1. The van der Waals surface area contributed by atoms with E-state index in [1.165, 1.54) is 9.13 Å². The number of ether oxygens (including phenoxy) is 1. The average molecular weight is 389 g/mol. The van der Waals surface area contributed by atoms with E-state index in [-0.39, 0.29) is 11.5 Å². The Morgan fingerprint density at radius 3 is 2.25 bits per heavy atom. The summed E-state index contributed by atoms with van der Waals surface area (Å²) in [6.45, 7) is 9.97. The fourth-order valence-electron chi connectivity index (χ4n) is 2.61. The summed E-state index contributed by atoms with van der Waals surface area (Å²) in [5.74, 6) is 0. The zero-order chi connectivity index (χ0) is 15.2. The summed E-state index contributed by atoms with van der Waals surface area (Å²) in [5.41, 5.74) is 1.49. The number of hydrogen-bond acceptors (Lipinski definition) is 2. The quantitative estimate of drug-likeness (QED) is 0.704. The Hall–Kier alpha value is -0.130. The second-order valence-electron chi connectivity index (χ2n) is 6.41. The monoisotopic (exact) mass is 389 g/mol. The fraction of sp³-hybridized carbons (Fsp3) is 0.647. The number of nitrogens with one attached hydrogen (secondary N) is 1. The van der Waals surface area contributed by atoms with Crippen molar-refractivity contribution in [3.8, 4) is 0 Å². The highest BCUT2D eigenvalue weighted by Crippen LogP contribution is 2.26. The van der Waals surface area contributed by atoms with E-state index >= 15 is 0 Å². The van der Waals surface area contributed by atoms with Crippen molar-refractivity contribution in [3.05, 3.63) is 33.4 Å². The van der Waals surface area contributed by atoms with Gasteiger partial charge in [-0.2, -0.15) is 0 Å². The summed E-state index contributed by atoms with van der Waals surface area (Å²) in [5, 5.41) is 3.66. The topological polar surface area (TPSA) is 21.3 Å². The van der Waals surface area contributed by atoms with Crippen LogP contribution in [0, 0.1) is 8.99 Å². The molecule has 3 heteroatoms. The van der Waals surface area contributed by atoms with Crippen molar-refractivity contribution >= 4 is 22.6 Å². The van der Waals surface area contributed by atoms with Crippen molar-refractivity contribution in [2.24, 2.45) is 5.41 Å². The molecule has 2 atom stereocenters. The molecule has 1 aromatic carbocycles. The van der Waals surface area contributed by atoms with E-state index in [4.69, 9.17) is 4.74 Å². The van der Waals surface area contributed by atoms with E-state index in [1.54, 1.807) is 0 Å². The highest BCUT2D eigenvalue weighted by atomic mass is 127. The van der Waals surface area contributed by atoms with Gasteiger partial charge in [-0.1, -0.05) is 39.8 Å². The zero-order valence-corrected chi connectivity index (χ0v) is 15.5. The van der Waals surface area contributed by atoms with Gasteiger partial charge in [0.2, 0.25) is 0 Å². The summed E-state index contributed by atoms with van der Waals surface area (Å²) < 4.78 is 7.09. The molecule has 0 saturated carbocycles. The first-order chi connectivity index (χ1) is 9.38. The van der Waals surface area contributed by atoms with Gasteiger partial charge in [0.15, 0.2) is 0 Å². The van der Waals surface area contributed by atoms with Crippen molar-refractivity contribution in [3.63, 3.8) is 0 Å². The summed E-state index contributed by atoms with van der Waals surface area (Å²) in [6, 6.07) is 9.13. The third-order valence-electron chi connectivity index (χ3n) is 3.50. The number of rotatable bonds is 7. The van der Waals surface area contributed by atoms with Crippen molar-refractivity contribution in [1.82, 2.24) is 5.32 Å². The summed E-state index contributed by atoms with van der Waals surface area (Å²) >= 11 is 2.35. The number of methoxy groups -OCH3 is 1. The maximum Gasteiger partial charge on any atom is 0.0775 e. The van der Waals surface area contributed by atoms with Gasteiger partial charge in [0.25, 0.3) is 0 Å². The van der Waals surface area contributed by atoms with E-state index in [1.807, 2.05) is 7.11 Å². The van der Waals surface area contributed by atoms with Gasteiger partial charge in [-0.15, -0.1) is 0 Å². The molecule has 1 N–H and O–H groups in total. The molecule has 0 aromatic heterocycles. The smallest absolute Gasteiger partial charge is 0.0775 e. The van der Waals surface area contributed by atoms with Crippen LogP contribution in [0.1, 0.15) is 39.7 Å². The van der Waals surface area contributed by atoms with Crippen molar-refractivity contribution < 1.29 is 4.74 Å². The van der Waals surface area contributed by atoms with E-state index < -0.39 is 0 Å². The minimum Gasteiger partial charge on any atom is -0.379 e. The molecule has 1 aromatic rings. The molecule has 1 rings (SSSR count). The Balaban J connectivity index is 2.84. The van der Waals surface area contributed by atoms with Gasteiger partial charge >= 0.3 is 0 Å². The van der Waals surface area contributed by atoms with Crippen LogP contribution in [-0.4, -0.2) is 25.8 Å². The molecule has 0 saturated heterocycles. The SMILES string of the molecule is CCCNC(Cc1ccc(I)cc1)C(OC)C(C)(C)C. The Morgan fingerprint density at radius 1 is 1.20 bits per heavy atom. The Labute approximate surface area is 137 Å². The van der Waals surface area contributed by atoms with Crippen molar-refractivity contribution in [1.29, 1.82) is 0 Å². The molecule has 0 aliphatic carbocycles. The van der Waals surface area contributed by atoms with Gasteiger partial charge in [-0.05, 0) is 65.1 Å². The molecule has 0 aliphatic rings. The molecule has 0 radical (unpaired) electrons. The normalized spacial score (nSPS) is 15.1. The first-order valence-corrected chi connectivity index (χ1v) is 8.47. The van der Waals surface area contributed by atoms with Crippen molar-refractivity contribution in [2.75, 3.05) is 13.7 Å². The summed E-state index contributed by atoms with van der Waals surface area (Å²) in [6.07, 6.45) is 2.35. The van der Waals surface area contributed by atoms with Gasteiger partial charge in [0.05, 0.1) is 6.10 Å². The standard InChI is InChI=1S/C17H28INO/c1-6-11-19-15(16(20-5)17(2,3)4)12-13-7-9-14(18)10-8-13/h7-10,15-16,19H,6,11-12H2,1-5H3. The largest absolute Gasteiger partial charge is 0.379 e. The van der Waals surface area contributed by atoms with Crippen LogP contribution in [-0.2, 0) is 11.2 Å². The third-order valence-corrected chi connectivity index (χ3v) is 4.22. The minimum absolute atomic E-state index is 0.128. The summed E-state index contributed by atoms with van der Waals surface area (Å²) in [4.78, 5) is 0. The van der Waals surface area contributed by atoms with Crippen LogP contribution in [0.15, 0.2) is 24.3 Å². The Morgan fingerprint density at radius 2 is 1.80 bits per heavy atom. The molecule has 0 fully saturated rings. The Kier molecular flexibility index (Phi) is 7.48. The molecular weight excluding hydrogens is 361 g/mol. The molecule has 0 bridgehead atoms. The molecule has 2 nitrogen and oxygen atoms in total. The van der Waals surface area contributed by atoms with Crippen LogP contribution in [0.4, 0.5) is 0 Å². The average Bonchev–Trinajstić information content (AvgIpc) is 2.37. The fourth-order valence-corrected chi connectivity index (χ4v) is 2.97. The van der Waals surface area contributed by atoms with Crippen LogP contribution < -0.4 is 5.32 Å². The molecular formula is C17H28INO. The predicted octanol–water partition coefficient (Wildman–Crippen LogP) is 4.26. The predicted molar refractivity (Wildman–Crippen MR) is 95.2 cm³/mol. The second kappa shape index (κ2) is 8.35. The first kappa shape index (κ1) is 17.9. The number of hydrogen-bond donors (Lipinski definition) is 1. The molecule has 0 heterocycles. The van der Waals surface area contributed by atoms with Crippen LogP contribution in [0.5, 0.6) is 0 Å². The maximum atomic E-state index is 5.81. The van der Waals surface area contributed by atoms with Crippen LogP contribution in [0.2, 0.25) is 0 Å². The maximum absolute atomic E-state index is 5.81. The number of benzene rings is 1. The van der Waals surface area contributed by atoms with Gasteiger partial charge in [-0.3, -0.25) is 0 Å². The van der Waals surface area contributed by atoms with E-state index in [0.29, 0.717) is 6.04 Å². The van der Waals surface area contributed by atoms with Gasteiger partial charge < -0.3 is 10.1 Å². The summed E-state index contributed by atoms with van der Waals surface area (Å²) in [7, 11) is 1.82. The molecule has 20 heavy (non-hydrogen) atoms. The molecule has 0 amide bonds. The van der Waals surface area contributed by atoms with E-state index in [0.717, 1.165) is 19.4 Å². The minimum atomic E-state index is 0.128.